The van der Waals surface area contributed by atoms with Gasteiger partial charge in [0.2, 0.25) is 23.6 Å². The molecule has 5 fully saturated rings. The van der Waals surface area contributed by atoms with Crippen LogP contribution in [0.4, 0.5) is 0 Å². The van der Waals surface area contributed by atoms with Crippen LogP contribution < -0.4 is 21.4 Å². The molecule has 6 aliphatic rings. The quantitative estimate of drug-likeness (QED) is 0.0678. The van der Waals surface area contributed by atoms with E-state index in [0.29, 0.717) is 36.2 Å². The summed E-state index contributed by atoms with van der Waals surface area (Å²) >= 11 is 9.60. The number of likely N-dealkylation sites (tertiary alicyclic amines) is 1. The third kappa shape index (κ3) is 10.8. The summed E-state index contributed by atoms with van der Waals surface area (Å²) in [6.45, 7) is 20.6. The molecule has 6 aromatic rings. The van der Waals surface area contributed by atoms with E-state index in [2.05, 4.69) is 63.4 Å². The van der Waals surface area contributed by atoms with Crippen molar-refractivity contribution in [2.45, 2.75) is 156 Å². The van der Waals surface area contributed by atoms with E-state index in [1.807, 2.05) is 120 Å². The maximum atomic E-state index is 14.6. The number of aliphatic hydroxyl groups is 1. The molecule has 2 bridgehead atoms. The second kappa shape index (κ2) is 22.5. The lowest BCUT2D eigenvalue weighted by Gasteiger charge is -2.65. The Labute approximate surface area is 493 Å². The number of benzene rings is 3. The van der Waals surface area contributed by atoms with Crippen molar-refractivity contribution < 1.29 is 33.6 Å². The summed E-state index contributed by atoms with van der Waals surface area (Å²) in [5, 5.41) is 31.0. The minimum atomic E-state index is -0.977. The summed E-state index contributed by atoms with van der Waals surface area (Å²) in [5.41, 5.74) is 8.88. The van der Waals surface area contributed by atoms with E-state index in [0.717, 1.165) is 78.8 Å². The zero-order valence-corrected chi connectivity index (χ0v) is 50.7. The maximum Gasteiger partial charge on any atom is 0.494 e. The number of carbonyl (C=O) groups excluding carboxylic acids is 4. The topological polar surface area (TPSA) is 202 Å². The number of carbonyl (C=O) groups is 4. The highest BCUT2D eigenvalue weighted by atomic mass is 35.5. The standard InChI is InChI=1S/C62H73BClN9O7S2/c1-33-36(4)82-59-52(33)53(40-19-22-43(64)23-20-40)68-46(56-71-70-37(5)73(56)59)30-51(76)65-26-25-62-48-27-42(61(48,9)10)28-49(62)79-63(80-62)45-14-12-11-13-39(45)21-24-50(75)69-55(60(6,7)8)58(78)72-31-44(74)29-47(72)57(77)67-34(2)38-15-17-41(18-16-38)54-35(3)66-32-81-54/h11-20,22-23,32,34,42,44,46-49,55,74H,21,24-31H2,1-10H3,(H,65,76)(H,67,77)(H,69,75)/t34-,42+,44+,46-,47-,48+,49-,55+,62+/m0/s1. The molecule has 430 valence electrons. The molecule has 3 aliphatic heterocycles. The zero-order valence-electron chi connectivity index (χ0n) is 48.3. The molecule has 3 aromatic heterocycles. The Balaban J connectivity index is 0.747. The predicted octanol–water partition coefficient (Wildman–Crippen LogP) is 9.05. The number of hydrogen-bond donors (Lipinski definition) is 4. The fourth-order valence-corrected chi connectivity index (χ4v) is 15.6. The number of aromatic nitrogens is 4. The van der Waals surface area contributed by atoms with Gasteiger partial charge in [0, 0.05) is 47.0 Å². The van der Waals surface area contributed by atoms with E-state index in [1.54, 1.807) is 22.7 Å². The first-order valence-electron chi connectivity index (χ1n) is 28.6. The predicted molar refractivity (Wildman–Crippen MR) is 321 cm³/mol. The molecule has 16 nitrogen and oxygen atoms in total. The summed E-state index contributed by atoms with van der Waals surface area (Å²) in [6, 6.07) is 20.7. The van der Waals surface area contributed by atoms with Gasteiger partial charge in [0.1, 0.15) is 29.0 Å². The smallest absolute Gasteiger partial charge is 0.401 e. The first-order valence-corrected chi connectivity index (χ1v) is 30.7. The Hall–Kier alpha value is -6.09. The summed E-state index contributed by atoms with van der Waals surface area (Å²) in [6.07, 6.45) is 1.85. The van der Waals surface area contributed by atoms with Crippen molar-refractivity contribution in [3.8, 4) is 15.4 Å². The Morgan fingerprint density at radius 1 is 0.927 bits per heavy atom. The molecule has 3 saturated carbocycles. The van der Waals surface area contributed by atoms with Crippen LogP contribution in [0.5, 0.6) is 0 Å². The fourth-order valence-electron chi connectivity index (χ4n) is 13.4. The molecule has 0 unspecified atom stereocenters. The molecule has 12 rings (SSSR count). The van der Waals surface area contributed by atoms with Gasteiger partial charge in [-0.1, -0.05) is 107 Å². The summed E-state index contributed by atoms with van der Waals surface area (Å²) < 4.78 is 16.3. The Bertz CT molecular complexity index is 3460. The third-order valence-corrected chi connectivity index (χ3v) is 20.7. The molecule has 82 heavy (non-hydrogen) atoms. The normalized spacial score (nSPS) is 24.1. The first kappa shape index (κ1) is 57.7. The SMILES string of the molecule is Cc1ncsc1-c1ccc([C@H](C)NC(=O)[C@@H]2C[C@@H](O)CN2C(=O)[C@@H](NC(=O)CCc2ccccc2B2O[C@H]3C[C@H]4C[C@H](C4(C)C)[C@@]3(CCNC(=O)C[C@@H]3N=C(c4ccc(Cl)cc4)c4c(sc(C)c4C)-n4c(C)nnc43)O2)C(C)(C)C)cc1. The lowest BCUT2D eigenvalue weighted by atomic mass is 9.43. The van der Waals surface area contributed by atoms with Crippen molar-refractivity contribution in [2.24, 2.45) is 27.7 Å². The number of hydrogen-bond acceptors (Lipinski definition) is 13. The highest BCUT2D eigenvalue weighted by Crippen LogP contribution is 2.66. The van der Waals surface area contributed by atoms with Crippen LogP contribution in [0.15, 0.2) is 83.3 Å². The van der Waals surface area contributed by atoms with Gasteiger partial charge in [-0.25, -0.2) is 4.98 Å². The number of halogens is 1. The van der Waals surface area contributed by atoms with Gasteiger partial charge in [-0.3, -0.25) is 28.7 Å². The molecule has 3 aromatic carbocycles. The maximum absolute atomic E-state index is 14.6. The van der Waals surface area contributed by atoms with E-state index in [4.69, 9.17) is 25.9 Å². The Morgan fingerprint density at radius 2 is 1.66 bits per heavy atom. The summed E-state index contributed by atoms with van der Waals surface area (Å²) in [5.74, 6) is 0.743. The van der Waals surface area contributed by atoms with Crippen LogP contribution in [0.1, 0.15) is 142 Å². The third-order valence-electron chi connectivity index (χ3n) is 18.3. The van der Waals surface area contributed by atoms with Crippen LogP contribution in [-0.4, -0.2) is 109 Å². The van der Waals surface area contributed by atoms with Crippen molar-refractivity contribution in [3.63, 3.8) is 0 Å². The molecule has 3 aliphatic carbocycles. The van der Waals surface area contributed by atoms with Crippen LogP contribution in [0.25, 0.3) is 15.4 Å². The van der Waals surface area contributed by atoms with Gasteiger partial charge in [0.15, 0.2) is 5.82 Å². The molecule has 0 radical (unpaired) electrons. The molecule has 4 N–H and O–H groups in total. The van der Waals surface area contributed by atoms with Crippen LogP contribution in [-0.2, 0) is 34.9 Å². The van der Waals surface area contributed by atoms with Gasteiger partial charge in [-0.15, -0.1) is 32.9 Å². The molecule has 20 heteroatoms. The van der Waals surface area contributed by atoms with Gasteiger partial charge < -0.3 is 35.3 Å². The van der Waals surface area contributed by atoms with Gasteiger partial charge >= 0.3 is 7.12 Å². The van der Waals surface area contributed by atoms with Crippen LogP contribution >= 0.6 is 34.3 Å². The number of aliphatic hydroxyl groups excluding tert-OH is 1. The highest BCUT2D eigenvalue weighted by molar-refractivity contribution is 7.15. The first-order chi connectivity index (χ1) is 39.0. The minimum absolute atomic E-state index is 0.00721. The lowest BCUT2D eigenvalue weighted by Crippen LogP contribution is -2.67. The van der Waals surface area contributed by atoms with Crippen molar-refractivity contribution >= 4 is 76.2 Å². The number of fused-ring (bicyclic) bond motifs is 3. The van der Waals surface area contributed by atoms with Gasteiger partial charge in [0.05, 0.1) is 52.1 Å². The van der Waals surface area contributed by atoms with E-state index >= 15 is 0 Å². The van der Waals surface area contributed by atoms with Crippen molar-refractivity contribution in [2.75, 3.05) is 13.1 Å². The second-order valence-corrected chi connectivity index (χ2v) is 27.4. The minimum Gasteiger partial charge on any atom is -0.401 e. The number of aryl methyl sites for hydroxylation is 4. The van der Waals surface area contributed by atoms with E-state index < -0.39 is 48.3 Å². The number of nitrogens with zero attached hydrogens (tertiary/aromatic N) is 6. The van der Waals surface area contributed by atoms with E-state index in [9.17, 15) is 24.3 Å². The zero-order chi connectivity index (χ0) is 58.2. The number of nitrogens with one attached hydrogen (secondary N) is 3. The Kier molecular flexibility index (Phi) is 15.8. The Morgan fingerprint density at radius 3 is 2.37 bits per heavy atom. The average molecular weight is 1170 g/mol. The second-order valence-electron chi connectivity index (χ2n) is 24.9. The number of amides is 4. The number of β-amino-alcohol motifs (C(OH)–C–C–N with tert-alkyl or cyclic N) is 1. The lowest BCUT2D eigenvalue weighted by molar-refractivity contribution is -0.209. The van der Waals surface area contributed by atoms with Crippen LogP contribution in [0, 0.1) is 50.4 Å². The highest BCUT2D eigenvalue weighted by Gasteiger charge is 2.69. The molecule has 4 amide bonds. The van der Waals surface area contributed by atoms with Crippen molar-refractivity contribution in [1.29, 1.82) is 0 Å². The van der Waals surface area contributed by atoms with Crippen LogP contribution in [0.2, 0.25) is 5.02 Å². The van der Waals surface area contributed by atoms with Gasteiger partial charge in [-0.2, -0.15) is 0 Å². The van der Waals surface area contributed by atoms with Crippen molar-refractivity contribution in [3.05, 3.63) is 133 Å². The summed E-state index contributed by atoms with van der Waals surface area (Å²) in [7, 11) is -0.700. The number of aliphatic imine (C=N–C) groups is 1. The van der Waals surface area contributed by atoms with Crippen molar-refractivity contribution in [1.82, 2.24) is 40.6 Å². The van der Waals surface area contributed by atoms with Gasteiger partial charge in [0.25, 0.3) is 0 Å². The molecular formula is C62H73BClN9O7S2. The molecular weight excluding hydrogens is 1090 g/mol. The average Bonchev–Trinajstić information content (AvgIpc) is 4.07. The molecule has 2 saturated heterocycles. The molecule has 6 heterocycles. The number of thiophene rings is 1. The number of rotatable bonds is 16. The van der Waals surface area contributed by atoms with E-state index in [1.165, 1.54) is 9.78 Å². The monoisotopic (exact) mass is 1170 g/mol. The molecule has 9 atom stereocenters. The fraction of sp³-hybridized carbons (Fsp3) is 0.484. The largest absolute Gasteiger partial charge is 0.494 e. The number of thiazole rings is 1. The molecule has 0 spiro atoms. The van der Waals surface area contributed by atoms with Gasteiger partial charge in [-0.05, 0) is 123 Å². The van der Waals surface area contributed by atoms with Crippen LogP contribution in [0.3, 0.4) is 0 Å². The summed E-state index contributed by atoms with van der Waals surface area (Å²) in [4.78, 5) is 70.3. The van der Waals surface area contributed by atoms with E-state index in [-0.39, 0.29) is 67.0 Å².